The van der Waals surface area contributed by atoms with Gasteiger partial charge in [-0.15, -0.1) is 0 Å². The molecule has 0 aliphatic heterocycles. The first-order valence-electron chi connectivity index (χ1n) is 7.73. The van der Waals surface area contributed by atoms with Gasteiger partial charge in [-0.25, -0.2) is 0 Å². The van der Waals surface area contributed by atoms with Crippen LogP contribution in [0, 0.1) is 0 Å². The number of hydrogen-bond acceptors (Lipinski definition) is 3. The molecule has 0 saturated heterocycles. The molecule has 0 unspecified atom stereocenters. The van der Waals surface area contributed by atoms with Crippen molar-refractivity contribution in [2.24, 2.45) is 0 Å². The smallest absolute Gasteiger partial charge is 0.288 e. The highest BCUT2D eigenvalue weighted by atomic mass is 32.2. The average molecular weight is 364 g/mol. The molecule has 4 nitrogen and oxygen atoms in total. The predicted molar refractivity (Wildman–Crippen MR) is 94.9 cm³/mol. The van der Waals surface area contributed by atoms with E-state index in [0.29, 0.717) is 40.9 Å². The van der Waals surface area contributed by atoms with Crippen molar-refractivity contribution in [1.29, 1.82) is 0 Å². The highest BCUT2D eigenvalue weighted by Crippen LogP contribution is 2.31. The molecule has 7 heteroatoms. The molecule has 0 bridgehead atoms. The van der Waals surface area contributed by atoms with Crippen LogP contribution in [0.15, 0.2) is 59.5 Å². The lowest BCUT2D eigenvalue weighted by Gasteiger charge is -2.10. The first-order valence-corrected chi connectivity index (χ1v) is 8.61. The lowest BCUT2D eigenvalue weighted by molar-refractivity contribution is -0.116. The normalized spacial score (nSPS) is 10.5. The largest absolute Gasteiger partial charge is 0.352 e. The number of alkyl halides is 2. The van der Waals surface area contributed by atoms with Gasteiger partial charge in [-0.05, 0) is 30.7 Å². The van der Waals surface area contributed by atoms with Crippen LogP contribution in [-0.4, -0.2) is 24.1 Å². The van der Waals surface area contributed by atoms with Crippen molar-refractivity contribution < 1.29 is 18.4 Å². The molecule has 0 spiro atoms. The fourth-order valence-electron chi connectivity index (χ4n) is 2.12. The Bertz CT molecular complexity index is 711. The van der Waals surface area contributed by atoms with E-state index in [1.165, 1.54) is 6.07 Å². The van der Waals surface area contributed by atoms with Crippen LogP contribution in [-0.2, 0) is 4.79 Å². The van der Waals surface area contributed by atoms with Gasteiger partial charge in [-0.2, -0.15) is 8.78 Å². The van der Waals surface area contributed by atoms with E-state index in [-0.39, 0.29) is 18.2 Å². The predicted octanol–water partition coefficient (Wildman–Crippen LogP) is 4.15. The Hall–Kier alpha value is -2.41. The molecule has 0 aliphatic carbocycles. The van der Waals surface area contributed by atoms with E-state index in [1.54, 1.807) is 42.5 Å². The van der Waals surface area contributed by atoms with Gasteiger partial charge in [0.25, 0.3) is 11.7 Å². The molecule has 2 amide bonds. The van der Waals surface area contributed by atoms with Crippen LogP contribution >= 0.6 is 11.8 Å². The maximum absolute atomic E-state index is 12.5. The SMILES string of the molecule is O=C(CCCNC(=O)c1ccccc1)Nc1ccccc1SC(F)F. The summed E-state index contributed by atoms with van der Waals surface area (Å²) in [6.45, 7) is 0.356. The van der Waals surface area contributed by atoms with Gasteiger partial charge in [0.15, 0.2) is 0 Å². The number of carbonyl (C=O) groups is 2. The molecule has 0 aliphatic rings. The number of hydrogen-bond donors (Lipinski definition) is 2. The van der Waals surface area contributed by atoms with Crippen LogP contribution in [0.5, 0.6) is 0 Å². The number of amides is 2. The van der Waals surface area contributed by atoms with Crippen molar-refractivity contribution in [3.05, 3.63) is 60.2 Å². The Morgan fingerprint density at radius 1 is 1.00 bits per heavy atom. The second-order valence-corrected chi connectivity index (χ2v) is 6.18. The van der Waals surface area contributed by atoms with Crippen molar-refractivity contribution in [2.45, 2.75) is 23.5 Å². The standard InChI is InChI=1S/C18H18F2N2O2S/c19-18(20)25-15-10-5-4-9-14(15)22-16(23)11-6-12-21-17(24)13-7-2-1-3-8-13/h1-5,7-10,18H,6,11-12H2,(H,21,24)(H,22,23). The third-order valence-corrected chi connectivity index (χ3v) is 4.07. The zero-order chi connectivity index (χ0) is 18.1. The molecule has 0 saturated carbocycles. The molecule has 0 fully saturated rings. The topological polar surface area (TPSA) is 58.2 Å². The van der Waals surface area contributed by atoms with E-state index in [9.17, 15) is 18.4 Å². The summed E-state index contributed by atoms with van der Waals surface area (Å²) in [6, 6.07) is 15.2. The molecule has 2 rings (SSSR count). The minimum atomic E-state index is -2.55. The second-order valence-electron chi connectivity index (χ2n) is 5.15. The fourth-order valence-corrected chi connectivity index (χ4v) is 2.72. The Balaban J connectivity index is 1.75. The van der Waals surface area contributed by atoms with Gasteiger partial charge in [0.2, 0.25) is 5.91 Å². The molecule has 132 valence electrons. The van der Waals surface area contributed by atoms with Crippen molar-refractivity contribution in [3.8, 4) is 0 Å². The van der Waals surface area contributed by atoms with Gasteiger partial charge in [0, 0.05) is 23.4 Å². The first kappa shape index (κ1) is 18.9. The summed E-state index contributed by atoms with van der Waals surface area (Å²) in [7, 11) is 0. The summed E-state index contributed by atoms with van der Waals surface area (Å²) in [5.74, 6) is -3.03. The van der Waals surface area contributed by atoms with Crippen LogP contribution in [0.25, 0.3) is 0 Å². The number of anilines is 1. The number of rotatable bonds is 8. The van der Waals surface area contributed by atoms with Gasteiger partial charge in [-0.1, -0.05) is 42.1 Å². The first-order chi connectivity index (χ1) is 12.1. The second kappa shape index (κ2) is 9.78. The highest BCUT2D eigenvalue weighted by Gasteiger charge is 2.11. The summed E-state index contributed by atoms with van der Waals surface area (Å²) in [5, 5.41) is 5.36. The molecule has 25 heavy (non-hydrogen) atoms. The van der Waals surface area contributed by atoms with Gasteiger partial charge in [0.1, 0.15) is 0 Å². The number of nitrogens with one attached hydrogen (secondary N) is 2. The van der Waals surface area contributed by atoms with Gasteiger partial charge >= 0.3 is 0 Å². The van der Waals surface area contributed by atoms with Crippen molar-refractivity contribution in [1.82, 2.24) is 5.32 Å². The summed E-state index contributed by atoms with van der Waals surface area (Å²) < 4.78 is 25.0. The van der Waals surface area contributed by atoms with E-state index in [0.717, 1.165) is 0 Å². The van der Waals surface area contributed by atoms with Crippen LogP contribution in [0.4, 0.5) is 14.5 Å². The van der Waals surface area contributed by atoms with E-state index in [2.05, 4.69) is 10.6 Å². The van der Waals surface area contributed by atoms with E-state index < -0.39 is 5.76 Å². The number of para-hydroxylation sites is 1. The summed E-state index contributed by atoms with van der Waals surface area (Å²) in [6.07, 6.45) is 0.636. The van der Waals surface area contributed by atoms with Gasteiger partial charge in [0.05, 0.1) is 5.69 Å². The van der Waals surface area contributed by atoms with Crippen LogP contribution in [0.3, 0.4) is 0 Å². The van der Waals surface area contributed by atoms with Crippen LogP contribution in [0.1, 0.15) is 23.2 Å². The van der Waals surface area contributed by atoms with Gasteiger partial charge < -0.3 is 10.6 Å². The van der Waals surface area contributed by atoms with Crippen molar-refractivity contribution in [2.75, 3.05) is 11.9 Å². The molecule has 0 atom stereocenters. The minimum absolute atomic E-state index is 0.183. The maximum Gasteiger partial charge on any atom is 0.288 e. The summed E-state index contributed by atoms with van der Waals surface area (Å²) >= 11 is 0.392. The third-order valence-electron chi connectivity index (χ3n) is 3.28. The number of benzene rings is 2. The molecule has 0 heterocycles. The van der Waals surface area contributed by atoms with Crippen LogP contribution in [0.2, 0.25) is 0 Å². The van der Waals surface area contributed by atoms with Crippen molar-refractivity contribution >= 4 is 29.3 Å². The number of halogens is 2. The van der Waals surface area contributed by atoms with Crippen LogP contribution < -0.4 is 10.6 Å². The van der Waals surface area contributed by atoms with Crippen molar-refractivity contribution in [3.63, 3.8) is 0 Å². The third kappa shape index (κ3) is 6.54. The van der Waals surface area contributed by atoms with E-state index in [4.69, 9.17) is 0 Å². The van der Waals surface area contributed by atoms with Gasteiger partial charge in [-0.3, -0.25) is 9.59 Å². The lowest BCUT2D eigenvalue weighted by atomic mass is 10.2. The fraction of sp³-hybridized carbons (Fsp3) is 0.222. The van der Waals surface area contributed by atoms with E-state index >= 15 is 0 Å². The maximum atomic E-state index is 12.5. The molecule has 2 aromatic rings. The molecular formula is C18H18F2N2O2S. The summed E-state index contributed by atoms with van der Waals surface area (Å²) in [4.78, 5) is 24.1. The molecular weight excluding hydrogens is 346 g/mol. The number of carbonyl (C=O) groups excluding carboxylic acids is 2. The minimum Gasteiger partial charge on any atom is -0.352 e. The Kier molecular flexibility index (Phi) is 7.40. The Labute approximate surface area is 149 Å². The quantitative estimate of drug-likeness (QED) is 0.546. The number of thioether (sulfide) groups is 1. The highest BCUT2D eigenvalue weighted by molar-refractivity contribution is 7.99. The molecule has 2 N–H and O–H groups in total. The lowest BCUT2D eigenvalue weighted by Crippen LogP contribution is -2.25. The Morgan fingerprint density at radius 2 is 1.68 bits per heavy atom. The molecule has 0 aromatic heterocycles. The van der Waals surface area contributed by atoms with E-state index in [1.807, 2.05) is 6.07 Å². The molecule has 0 radical (unpaired) electrons. The monoisotopic (exact) mass is 364 g/mol. The zero-order valence-electron chi connectivity index (χ0n) is 13.4. The molecule has 2 aromatic carbocycles. The average Bonchev–Trinajstić information content (AvgIpc) is 2.60. The Morgan fingerprint density at radius 3 is 2.40 bits per heavy atom. The summed E-state index contributed by atoms with van der Waals surface area (Å²) in [5.41, 5.74) is 0.927. The zero-order valence-corrected chi connectivity index (χ0v) is 14.2.